The van der Waals surface area contributed by atoms with Crippen LogP contribution in [0.4, 0.5) is 0 Å². The first kappa shape index (κ1) is 13.4. The fourth-order valence-electron chi connectivity index (χ4n) is 1.02. The van der Waals surface area contributed by atoms with Gasteiger partial charge in [-0.3, -0.25) is 4.79 Å². The highest BCUT2D eigenvalue weighted by atomic mass is 16.5. The van der Waals surface area contributed by atoms with E-state index in [9.17, 15) is 4.79 Å². The lowest BCUT2D eigenvalue weighted by molar-refractivity contribution is -0.123. The molecule has 0 aromatic carbocycles. The van der Waals surface area contributed by atoms with E-state index >= 15 is 0 Å². The molecule has 1 amide bonds. The van der Waals surface area contributed by atoms with Crippen molar-refractivity contribution in [3.05, 3.63) is 0 Å². The van der Waals surface area contributed by atoms with Crippen LogP contribution in [0.3, 0.4) is 0 Å². The summed E-state index contributed by atoms with van der Waals surface area (Å²) in [5, 5.41) is 2.74. The standard InChI is InChI=1S/C10H22N2O2/c1-4-8(3)9(11)10(13)12-6-7-14-5-2/h8-9H,4-7,11H2,1-3H3,(H,12,13)/t8-,9-/m0/s1. The zero-order valence-corrected chi connectivity index (χ0v) is 9.38. The van der Waals surface area contributed by atoms with Crippen LogP contribution in [-0.4, -0.2) is 31.7 Å². The summed E-state index contributed by atoms with van der Waals surface area (Å²) in [5.74, 6) is 0.140. The number of carbonyl (C=O) groups excluding carboxylic acids is 1. The third kappa shape index (κ3) is 5.19. The second kappa shape index (κ2) is 7.76. The monoisotopic (exact) mass is 202 g/mol. The SMILES string of the molecule is CCOCCNC(=O)[C@@H](N)[C@@H](C)CC. The smallest absolute Gasteiger partial charge is 0.237 e. The maximum atomic E-state index is 11.4. The van der Waals surface area contributed by atoms with E-state index in [0.29, 0.717) is 19.8 Å². The Balaban J connectivity index is 3.62. The lowest BCUT2D eigenvalue weighted by atomic mass is 9.99. The van der Waals surface area contributed by atoms with Crippen molar-refractivity contribution in [3.8, 4) is 0 Å². The average molecular weight is 202 g/mol. The maximum absolute atomic E-state index is 11.4. The zero-order chi connectivity index (χ0) is 11.0. The molecular formula is C10H22N2O2. The van der Waals surface area contributed by atoms with E-state index in [4.69, 9.17) is 10.5 Å². The summed E-state index contributed by atoms with van der Waals surface area (Å²) in [5.41, 5.74) is 5.73. The predicted molar refractivity (Wildman–Crippen MR) is 56.9 cm³/mol. The minimum Gasteiger partial charge on any atom is -0.380 e. The van der Waals surface area contributed by atoms with Gasteiger partial charge in [-0.2, -0.15) is 0 Å². The number of ether oxygens (including phenoxy) is 1. The molecule has 0 aliphatic carbocycles. The summed E-state index contributed by atoms with van der Waals surface area (Å²) >= 11 is 0. The molecule has 0 aliphatic heterocycles. The Kier molecular flexibility index (Phi) is 7.42. The number of amides is 1. The van der Waals surface area contributed by atoms with Crippen LogP contribution in [0.1, 0.15) is 27.2 Å². The highest BCUT2D eigenvalue weighted by molar-refractivity contribution is 5.81. The first-order valence-electron chi connectivity index (χ1n) is 5.24. The first-order chi connectivity index (χ1) is 6.63. The van der Waals surface area contributed by atoms with Gasteiger partial charge in [-0.15, -0.1) is 0 Å². The number of hydrogen-bond acceptors (Lipinski definition) is 3. The van der Waals surface area contributed by atoms with Gasteiger partial charge in [-0.25, -0.2) is 0 Å². The molecule has 0 aromatic rings. The summed E-state index contributed by atoms with van der Waals surface area (Å²) < 4.78 is 5.09. The molecule has 0 aromatic heterocycles. The van der Waals surface area contributed by atoms with Crippen LogP contribution in [0.15, 0.2) is 0 Å². The number of hydrogen-bond donors (Lipinski definition) is 2. The molecular weight excluding hydrogens is 180 g/mol. The molecule has 4 heteroatoms. The van der Waals surface area contributed by atoms with Gasteiger partial charge >= 0.3 is 0 Å². The summed E-state index contributed by atoms with van der Waals surface area (Å²) in [6.07, 6.45) is 0.917. The molecule has 0 unspecified atom stereocenters. The molecule has 3 N–H and O–H groups in total. The van der Waals surface area contributed by atoms with E-state index in [1.165, 1.54) is 0 Å². The van der Waals surface area contributed by atoms with E-state index in [0.717, 1.165) is 6.42 Å². The molecule has 4 nitrogen and oxygen atoms in total. The second-order valence-corrected chi connectivity index (χ2v) is 3.40. The summed E-state index contributed by atoms with van der Waals surface area (Å²) in [6.45, 7) is 7.69. The molecule has 84 valence electrons. The van der Waals surface area contributed by atoms with Crippen molar-refractivity contribution in [2.45, 2.75) is 33.2 Å². The molecule has 0 bridgehead atoms. The highest BCUT2D eigenvalue weighted by Gasteiger charge is 2.18. The first-order valence-corrected chi connectivity index (χ1v) is 5.24. The van der Waals surface area contributed by atoms with E-state index < -0.39 is 6.04 Å². The molecule has 14 heavy (non-hydrogen) atoms. The van der Waals surface area contributed by atoms with E-state index in [-0.39, 0.29) is 11.8 Å². The van der Waals surface area contributed by atoms with E-state index in [1.807, 2.05) is 20.8 Å². The van der Waals surface area contributed by atoms with Crippen molar-refractivity contribution in [3.63, 3.8) is 0 Å². The topological polar surface area (TPSA) is 64.3 Å². The third-order valence-electron chi connectivity index (χ3n) is 2.31. The average Bonchev–Trinajstić information content (AvgIpc) is 2.21. The molecule has 0 spiro atoms. The molecule has 0 rings (SSSR count). The van der Waals surface area contributed by atoms with Crippen LogP contribution in [0, 0.1) is 5.92 Å². The van der Waals surface area contributed by atoms with E-state index in [2.05, 4.69) is 5.32 Å². The third-order valence-corrected chi connectivity index (χ3v) is 2.31. The van der Waals surface area contributed by atoms with Crippen LogP contribution >= 0.6 is 0 Å². The molecule has 0 fully saturated rings. The fourth-order valence-corrected chi connectivity index (χ4v) is 1.02. The van der Waals surface area contributed by atoms with Crippen molar-refractivity contribution in [2.75, 3.05) is 19.8 Å². The zero-order valence-electron chi connectivity index (χ0n) is 9.38. The second-order valence-electron chi connectivity index (χ2n) is 3.40. The minimum absolute atomic E-state index is 0.0842. The van der Waals surface area contributed by atoms with Gasteiger partial charge in [0.05, 0.1) is 12.6 Å². The van der Waals surface area contributed by atoms with Crippen LogP contribution in [0.5, 0.6) is 0 Å². The molecule has 0 saturated heterocycles. The van der Waals surface area contributed by atoms with Gasteiger partial charge in [0.25, 0.3) is 0 Å². The predicted octanol–water partition coefficient (Wildman–Crippen LogP) is 0.513. The van der Waals surface area contributed by atoms with Crippen molar-refractivity contribution in [1.29, 1.82) is 0 Å². The van der Waals surface area contributed by atoms with Crippen LogP contribution < -0.4 is 11.1 Å². The minimum atomic E-state index is -0.401. The number of rotatable bonds is 7. The Morgan fingerprint density at radius 3 is 2.64 bits per heavy atom. The highest BCUT2D eigenvalue weighted by Crippen LogP contribution is 2.04. The number of carbonyl (C=O) groups is 1. The molecule has 0 heterocycles. The van der Waals surface area contributed by atoms with Crippen LogP contribution in [-0.2, 0) is 9.53 Å². The van der Waals surface area contributed by atoms with Crippen molar-refractivity contribution < 1.29 is 9.53 Å². The molecule has 0 aliphatic rings. The fraction of sp³-hybridized carbons (Fsp3) is 0.900. The molecule has 2 atom stereocenters. The van der Waals surface area contributed by atoms with Gasteiger partial charge < -0.3 is 15.8 Å². The number of nitrogens with two attached hydrogens (primary N) is 1. The van der Waals surface area contributed by atoms with Gasteiger partial charge in [0.1, 0.15) is 0 Å². The summed E-state index contributed by atoms with van der Waals surface area (Å²) in [6, 6.07) is -0.401. The Morgan fingerprint density at radius 2 is 2.14 bits per heavy atom. The Bertz CT molecular complexity index is 162. The van der Waals surface area contributed by atoms with Gasteiger partial charge in [0.2, 0.25) is 5.91 Å². The lowest BCUT2D eigenvalue weighted by Crippen LogP contribution is -2.45. The Morgan fingerprint density at radius 1 is 1.50 bits per heavy atom. The van der Waals surface area contributed by atoms with E-state index in [1.54, 1.807) is 0 Å². The van der Waals surface area contributed by atoms with Gasteiger partial charge in [-0.1, -0.05) is 20.3 Å². The largest absolute Gasteiger partial charge is 0.380 e. The quantitative estimate of drug-likeness (QED) is 0.591. The normalized spacial score (nSPS) is 14.9. The maximum Gasteiger partial charge on any atom is 0.237 e. The van der Waals surface area contributed by atoms with Gasteiger partial charge in [0.15, 0.2) is 0 Å². The van der Waals surface area contributed by atoms with Gasteiger partial charge in [-0.05, 0) is 12.8 Å². The van der Waals surface area contributed by atoms with Crippen molar-refractivity contribution in [2.24, 2.45) is 11.7 Å². The van der Waals surface area contributed by atoms with Crippen LogP contribution in [0.2, 0.25) is 0 Å². The summed E-state index contributed by atoms with van der Waals surface area (Å²) in [4.78, 5) is 11.4. The molecule has 0 radical (unpaired) electrons. The summed E-state index contributed by atoms with van der Waals surface area (Å²) in [7, 11) is 0. The number of nitrogens with one attached hydrogen (secondary N) is 1. The van der Waals surface area contributed by atoms with Crippen LogP contribution in [0.25, 0.3) is 0 Å². The lowest BCUT2D eigenvalue weighted by Gasteiger charge is -2.17. The Hall–Kier alpha value is -0.610. The van der Waals surface area contributed by atoms with Crippen molar-refractivity contribution in [1.82, 2.24) is 5.32 Å². The Labute approximate surface area is 86.2 Å². The molecule has 0 saturated carbocycles. The van der Waals surface area contributed by atoms with Crippen molar-refractivity contribution >= 4 is 5.91 Å². The van der Waals surface area contributed by atoms with Gasteiger partial charge in [0, 0.05) is 13.2 Å².